The molecule has 0 aliphatic rings. The second-order valence-corrected chi connectivity index (χ2v) is 11.8. The number of fused-ring (bicyclic) bond motifs is 4. The van der Waals surface area contributed by atoms with Gasteiger partial charge in [0.05, 0.1) is 0 Å². The molecule has 48 heavy (non-hydrogen) atoms. The maximum Gasteiger partial charge on any atom is 0.161 e. The molecule has 0 aliphatic heterocycles. The first-order valence-corrected chi connectivity index (χ1v) is 16.1. The van der Waals surface area contributed by atoms with Gasteiger partial charge >= 0.3 is 0 Å². The van der Waals surface area contributed by atoms with E-state index in [2.05, 4.69) is 103 Å². The fourth-order valence-electron chi connectivity index (χ4n) is 6.38. The molecule has 1 N–H and O–H groups in total. The minimum absolute atomic E-state index is 0.153. The van der Waals surface area contributed by atoms with E-state index in [1.54, 1.807) is 0 Å². The lowest BCUT2D eigenvalue weighted by Gasteiger charge is -2.11. The average Bonchev–Trinajstić information content (AvgIpc) is 3.16. The van der Waals surface area contributed by atoms with Gasteiger partial charge in [0.2, 0.25) is 0 Å². The Bertz CT molecular complexity index is 2490. The predicted octanol–water partition coefficient (Wildman–Crippen LogP) is 11.4. The normalized spacial score (nSPS) is 11.9. The lowest BCUT2D eigenvalue weighted by atomic mass is 9.94. The van der Waals surface area contributed by atoms with Crippen LogP contribution < -0.4 is 0 Å². The van der Waals surface area contributed by atoms with E-state index >= 15 is 0 Å². The molecule has 0 atom stereocenters. The Morgan fingerprint density at radius 1 is 0.417 bits per heavy atom. The quantitative estimate of drug-likeness (QED) is 0.0869. The largest absolute Gasteiger partial charge is 0.282 e. The van der Waals surface area contributed by atoms with E-state index in [0.717, 1.165) is 55.1 Å². The first-order valence-electron chi connectivity index (χ1n) is 16.1. The Hall–Kier alpha value is -6.45. The minimum Gasteiger partial charge on any atom is -0.282 e. The monoisotopic (exact) mass is 613 g/mol. The van der Waals surface area contributed by atoms with Crippen LogP contribution in [0.2, 0.25) is 0 Å². The molecular weight excluding hydrogens is 583 g/mol. The number of hydrogen-bond acceptors (Lipinski definition) is 1. The summed E-state index contributed by atoms with van der Waals surface area (Å²) in [5.74, 6) is 0.632. The van der Waals surface area contributed by atoms with E-state index in [1.165, 1.54) is 16.2 Å². The third kappa shape index (κ3) is 5.70. The van der Waals surface area contributed by atoms with E-state index in [0.29, 0.717) is 5.84 Å². The first-order chi connectivity index (χ1) is 23.7. The third-order valence-corrected chi connectivity index (χ3v) is 8.84. The fourth-order valence-corrected chi connectivity index (χ4v) is 6.38. The average molecular weight is 614 g/mol. The Labute approximate surface area is 279 Å². The summed E-state index contributed by atoms with van der Waals surface area (Å²) in [6, 6.07) is 60.4. The molecule has 3 heteroatoms. The summed E-state index contributed by atoms with van der Waals surface area (Å²) in [7, 11) is 0. The fraction of sp³-hybridized carbons (Fsp3) is 0. The van der Waals surface area contributed by atoms with Crippen molar-refractivity contribution in [1.29, 1.82) is 5.41 Å². The minimum atomic E-state index is 0.153. The van der Waals surface area contributed by atoms with Crippen molar-refractivity contribution >= 4 is 50.2 Å². The first kappa shape index (κ1) is 29.0. The molecule has 8 aromatic carbocycles. The van der Waals surface area contributed by atoms with Crippen LogP contribution in [0.1, 0.15) is 16.7 Å². The molecule has 0 aliphatic carbocycles. The molecule has 0 aromatic heterocycles. The molecule has 3 nitrogen and oxygen atoms in total. The van der Waals surface area contributed by atoms with Gasteiger partial charge < -0.3 is 0 Å². The van der Waals surface area contributed by atoms with E-state index in [9.17, 15) is 0 Å². The summed E-state index contributed by atoms with van der Waals surface area (Å²) in [5.41, 5.74) is 7.01. The molecule has 0 amide bonds. The number of benzene rings is 8. The maximum absolute atomic E-state index is 9.08. The molecule has 0 fully saturated rings. The van der Waals surface area contributed by atoms with Crippen molar-refractivity contribution in [3.8, 4) is 22.3 Å². The maximum atomic E-state index is 9.08. The van der Waals surface area contributed by atoms with E-state index in [1.807, 2.05) is 79.0 Å². The topological polar surface area (TPSA) is 48.6 Å². The highest BCUT2D eigenvalue weighted by Gasteiger charge is 2.12. The van der Waals surface area contributed by atoms with Gasteiger partial charge in [0, 0.05) is 22.9 Å². The second-order valence-electron chi connectivity index (χ2n) is 11.8. The molecule has 8 rings (SSSR count). The van der Waals surface area contributed by atoms with Crippen LogP contribution in [0.4, 0.5) is 0 Å². The molecule has 0 saturated carbocycles. The van der Waals surface area contributed by atoms with E-state index in [-0.39, 0.29) is 5.84 Å². The molecular formula is C45H31N3. The van der Waals surface area contributed by atoms with Gasteiger partial charge in [-0.1, -0.05) is 164 Å². The number of amidine groups is 2. The van der Waals surface area contributed by atoms with Gasteiger partial charge in [0.25, 0.3) is 0 Å². The lowest BCUT2D eigenvalue weighted by molar-refractivity contribution is 1.40. The van der Waals surface area contributed by atoms with Gasteiger partial charge in [0.1, 0.15) is 0 Å². The summed E-state index contributed by atoms with van der Waals surface area (Å²) < 4.78 is 0. The smallest absolute Gasteiger partial charge is 0.161 e. The summed E-state index contributed by atoms with van der Waals surface area (Å²) in [4.78, 5) is 9.98. The van der Waals surface area contributed by atoms with Crippen LogP contribution in [0, 0.1) is 5.41 Å². The van der Waals surface area contributed by atoms with Gasteiger partial charge in [-0.25, -0.2) is 9.98 Å². The van der Waals surface area contributed by atoms with Gasteiger partial charge in [-0.3, -0.25) is 5.41 Å². The van der Waals surface area contributed by atoms with Crippen LogP contribution in [0.15, 0.2) is 186 Å². The Morgan fingerprint density at radius 2 is 1.02 bits per heavy atom. The Balaban J connectivity index is 1.26. The van der Waals surface area contributed by atoms with Crippen molar-refractivity contribution < 1.29 is 0 Å². The molecule has 0 heterocycles. The Kier molecular flexibility index (Phi) is 7.70. The SMILES string of the molecule is N=C(N=C(N=Cc1c2ccccc2cc2c1ccc1ccccc12)c1cccc(-c2ccccc2)c1)c1ccc(-c2ccccc2)cc1. The standard InChI is InChI=1S/C45H31N3/c46-44(35-24-22-33(23-25-35)31-12-3-1-4-13-31)48-45(38-19-11-18-36(28-38)32-14-5-2-6-15-32)47-30-43-40-21-10-8-17-37(40)29-42-39-20-9-7-16-34(39)26-27-41(42)43/h1-30,46H. The summed E-state index contributed by atoms with van der Waals surface area (Å²) in [6.07, 6.45) is 1.93. The van der Waals surface area contributed by atoms with Crippen molar-refractivity contribution in [3.05, 3.63) is 193 Å². The van der Waals surface area contributed by atoms with Crippen LogP contribution in [-0.4, -0.2) is 17.9 Å². The lowest BCUT2D eigenvalue weighted by Crippen LogP contribution is -2.05. The zero-order chi connectivity index (χ0) is 32.3. The molecule has 0 spiro atoms. The number of nitrogens with one attached hydrogen (secondary N) is 1. The van der Waals surface area contributed by atoms with Crippen molar-refractivity contribution in [2.24, 2.45) is 9.98 Å². The Morgan fingerprint density at radius 3 is 1.77 bits per heavy atom. The second kappa shape index (κ2) is 12.7. The molecule has 226 valence electrons. The van der Waals surface area contributed by atoms with Gasteiger partial charge in [0.15, 0.2) is 11.7 Å². The third-order valence-electron chi connectivity index (χ3n) is 8.84. The number of hydrogen-bond donors (Lipinski definition) is 1. The van der Waals surface area contributed by atoms with Crippen LogP contribution in [0.3, 0.4) is 0 Å². The van der Waals surface area contributed by atoms with Crippen molar-refractivity contribution in [2.75, 3.05) is 0 Å². The van der Waals surface area contributed by atoms with Crippen molar-refractivity contribution in [1.82, 2.24) is 0 Å². The van der Waals surface area contributed by atoms with E-state index in [4.69, 9.17) is 15.4 Å². The number of aliphatic imine (C=N–C) groups is 2. The zero-order valence-corrected chi connectivity index (χ0v) is 26.2. The van der Waals surface area contributed by atoms with Crippen molar-refractivity contribution in [3.63, 3.8) is 0 Å². The molecule has 0 bridgehead atoms. The molecule has 0 saturated heterocycles. The summed E-state index contributed by atoms with van der Waals surface area (Å²) in [6.45, 7) is 0. The predicted molar refractivity (Wildman–Crippen MR) is 204 cm³/mol. The zero-order valence-electron chi connectivity index (χ0n) is 26.2. The molecule has 8 aromatic rings. The highest BCUT2D eigenvalue weighted by molar-refractivity contribution is 6.22. The highest BCUT2D eigenvalue weighted by Crippen LogP contribution is 2.33. The molecule has 0 radical (unpaired) electrons. The van der Waals surface area contributed by atoms with Crippen LogP contribution in [-0.2, 0) is 0 Å². The van der Waals surface area contributed by atoms with Crippen LogP contribution in [0.25, 0.3) is 54.6 Å². The molecule has 0 unspecified atom stereocenters. The summed E-state index contributed by atoms with van der Waals surface area (Å²) >= 11 is 0. The summed E-state index contributed by atoms with van der Waals surface area (Å²) in [5, 5.41) is 16.1. The van der Waals surface area contributed by atoms with Crippen LogP contribution in [0.5, 0.6) is 0 Å². The highest BCUT2D eigenvalue weighted by atomic mass is 14.9. The van der Waals surface area contributed by atoms with Gasteiger partial charge in [-0.05, 0) is 66.7 Å². The van der Waals surface area contributed by atoms with Gasteiger partial charge in [-0.15, -0.1) is 0 Å². The van der Waals surface area contributed by atoms with Gasteiger partial charge in [-0.2, -0.15) is 0 Å². The van der Waals surface area contributed by atoms with Crippen LogP contribution >= 0.6 is 0 Å². The number of nitrogens with zero attached hydrogens (tertiary/aromatic N) is 2. The van der Waals surface area contributed by atoms with E-state index < -0.39 is 0 Å². The number of rotatable bonds is 5. The van der Waals surface area contributed by atoms with Crippen molar-refractivity contribution in [2.45, 2.75) is 0 Å².